The third kappa shape index (κ3) is 4.64. The summed E-state index contributed by atoms with van der Waals surface area (Å²) in [7, 11) is -3.86. The number of nitrogens with one attached hydrogen (secondary N) is 1. The van der Waals surface area contributed by atoms with Crippen LogP contribution in [-0.4, -0.2) is 34.0 Å². The number of nitrogens with two attached hydrogens (primary N) is 1. The van der Waals surface area contributed by atoms with Crippen LogP contribution in [0.15, 0.2) is 47.4 Å². The van der Waals surface area contributed by atoms with Gasteiger partial charge in [0.05, 0.1) is 4.90 Å². The van der Waals surface area contributed by atoms with E-state index in [0.29, 0.717) is 17.7 Å². The largest absolute Gasteiger partial charge is 0.371 e. The number of carbonyl (C=O) groups excluding carboxylic acids is 1. The molecule has 0 saturated carbocycles. The van der Waals surface area contributed by atoms with Crippen LogP contribution in [0.25, 0.3) is 0 Å². The third-order valence-electron chi connectivity index (χ3n) is 4.81. The number of carbonyl (C=O) groups is 1. The molecule has 2 aromatic rings. The molecular formula is C19H22FN3O3S. The maximum absolute atomic E-state index is 13.0. The molecule has 1 heterocycles. The molecule has 144 valence electrons. The number of aryl methyl sites for hydroxylation is 1. The number of amides is 1. The van der Waals surface area contributed by atoms with Crippen LogP contribution >= 0.6 is 0 Å². The van der Waals surface area contributed by atoms with Gasteiger partial charge in [-0.05, 0) is 61.2 Å². The molecule has 8 heteroatoms. The number of primary sulfonamides is 1. The normalized spacial score (nSPS) is 17.1. The number of hydrogen-bond acceptors (Lipinski definition) is 4. The van der Waals surface area contributed by atoms with Gasteiger partial charge in [-0.3, -0.25) is 4.79 Å². The molecule has 0 bridgehead atoms. The molecule has 1 amide bonds. The van der Waals surface area contributed by atoms with E-state index >= 15 is 0 Å². The number of sulfonamides is 1. The molecule has 0 spiro atoms. The zero-order valence-electron chi connectivity index (χ0n) is 15.0. The van der Waals surface area contributed by atoms with Gasteiger partial charge in [-0.2, -0.15) is 0 Å². The fraction of sp³-hybridized carbons (Fsp3) is 0.316. The van der Waals surface area contributed by atoms with E-state index < -0.39 is 10.0 Å². The molecule has 2 aromatic carbocycles. The average Bonchev–Trinajstić information content (AvgIpc) is 3.08. The lowest BCUT2D eigenvalue weighted by molar-refractivity contribution is 0.0947. The van der Waals surface area contributed by atoms with E-state index in [2.05, 4.69) is 10.2 Å². The van der Waals surface area contributed by atoms with Gasteiger partial charge in [-0.15, -0.1) is 0 Å². The SMILES string of the molecule is Cc1ccc(S(N)(=O)=O)cc1C(=O)NCC1CCN(c2ccc(F)cc2)C1. The van der Waals surface area contributed by atoms with E-state index in [-0.39, 0.29) is 22.5 Å². The summed E-state index contributed by atoms with van der Waals surface area (Å²) in [4.78, 5) is 14.6. The van der Waals surface area contributed by atoms with Crippen LogP contribution in [0, 0.1) is 18.7 Å². The van der Waals surface area contributed by atoms with Crippen molar-refractivity contribution in [3.63, 3.8) is 0 Å². The van der Waals surface area contributed by atoms with Gasteiger partial charge in [0, 0.05) is 30.9 Å². The van der Waals surface area contributed by atoms with Gasteiger partial charge in [-0.25, -0.2) is 17.9 Å². The standard InChI is InChI=1S/C19H22FN3O3S/c1-13-2-7-17(27(21,25)26)10-18(13)19(24)22-11-14-8-9-23(12-14)16-5-3-15(20)4-6-16/h2-7,10,14H,8-9,11-12H2,1H3,(H,22,24)(H2,21,25,26). The van der Waals surface area contributed by atoms with E-state index in [4.69, 9.17) is 5.14 Å². The molecule has 6 nitrogen and oxygen atoms in total. The lowest BCUT2D eigenvalue weighted by atomic mass is 10.1. The van der Waals surface area contributed by atoms with E-state index in [1.54, 1.807) is 25.1 Å². The second-order valence-corrected chi connectivity index (χ2v) is 8.37. The van der Waals surface area contributed by atoms with Crippen LogP contribution in [0.5, 0.6) is 0 Å². The molecule has 1 aliphatic heterocycles. The highest BCUT2D eigenvalue weighted by Gasteiger charge is 2.24. The van der Waals surface area contributed by atoms with Crippen molar-refractivity contribution >= 4 is 21.6 Å². The monoisotopic (exact) mass is 391 g/mol. The minimum atomic E-state index is -3.86. The van der Waals surface area contributed by atoms with Gasteiger partial charge >= 0.3 is 0 Å². The molecule has 1 aliphatic rings. The van der Waals surface area contributed by atoms with Crippen LogP contribution in [0.2, 0.25) is 0 Å². The lowest BCUT2D eigenvalue weighted by Crippen LogP contribution is -2.31. The Morgan fingerprint density at radius 1 is 1.26 bits per heavy atom. The van der Waals surface area contributed by atoms with E-state index in [1.807, 2.05) is 0 Å². The Morgan fingerprint density at radius 3 is 2.63 bits per heavy atom. The number of nitrogens with zero attached hydrogens (tertiary/aromatic N) is 1. The highest BCUT2D eigenvalue weighted by molar-refractivity contribution is 7.89. The molecule has 3 rings (SSSR count). The fourth-order valence-corrected chi connectivity index (χ4v) is 3.78. The lowest BCUT2D eigenvalue weighted by Gasteiger charge is -2.19. The predicted octanol–water partition coefficient (Wildman–Crippen LogP) is 2.04. The van der Waals surface area contributed by atoms with Crippen molar-refractivity contribution in [1.29, 1.82) is 0 Å². The third-order valence-corrected chi connectivity index (χ3v) is 5.72. The van der Waals surface area contributed by atoms with Crippen molar-refractivity contribution in [3.8, 4) is 0 Å². The van der Waals surface area contributed by atoms with Gasteiger partial charge in [0.25, 0.3) is 5.91 Å². The summed E-state index contributed by atoms with van der Waals surface area (Å²) >= 11 is 0. The maximum Gasteiger partial charge on any atom is 0.251 e. The first-order valence-corrected chi connectivity index (χ1v) is 10.2. The number of halogens is 1. The fourth-order valence-electron chi connectivity index (χ4n) is 3.24. The molecule has 1 saturated heterocycles. The van der Waals surface area contributed by atoms with Crippen molar-refractivity contribution in [2.24, 2.45) is 11.1 Å². The minimum absolute atomic E-state index is 0.0819. The zero-order valence-corrected chi connectivity index (χ0v) is 15.8. The first kappa shape index (κ1) is 19.3. The summed E-state index contributed by atoms with van der Waals surface area (Å²) < 4.78 is 36.0. The van der Waals surface area contributed by atoms with Crippen molar-refractivity contribution in [1.82, 2.24) is 5.32 Å². The summed E-state index contributed by atoms with van der Waals surface area (Å²) in [6.45, 7) is 3.83. The van der Waals surface area contributed by atoms with Crippen LogP contribution in [0.3, 0.4) is 0 Å². The highest BCUT2D eigenvalue weighted by Crippen LogP contribution is 2.24. The maximum atomic E-state index is 13.0. The minimum Gasteiger partial charge on any atom is -0.371 e. The molecule has 1 fully saturated rings. The molecule has 0 aliphatic carbocycles. The van der Waals surface area contributed by atoms with Crippen LogP contribution in [0.1, 0.15) is 22.3 Å². The zero-order chi connectivity index (χ0) is 19.6. The van der Waals surface area contributed by atoms with Gasteiger partial charge in [0.2, 0.25) is 10.0 Å². The summed E-state index contributed by atoms with van der Waals surface area (Å²) in [6, 6.07) is 10.6. The Hall–Kier alpha value is -2.45. The molecule has 27 heavy (non-hydrogen) atoms. The molecular weight excluding hydrogens is 369 g/mol. The van der Waals surface area contributed by atoms with E-state index in [1.165, 1.54) is 24.3 Å². The van der Waals surface area contributed by atoms with Crippen molar-refractivity contribution in [2.45, 2.75) is 18.2 Å². The quantitative estimate of drug-likeness (QED) is 0.816. The second kappa shape index (κ2) is 7.66. The molecule has 3 N–H and O–H groups in total. The number of anilines is 1. The first-order chi connectivity index (χ1) is 12.7. The van der Waals surface area contributed by atoms with Crippen LogP contribution < -0.4 is 15.4 Å². The molecule has 1 unspecified atom stereocenters. The van der Waals surface area contributed by atoms with Crippen molar-refractivity contribution < 1.29 is 17.6 Å². The second-order valence-electron chi connectivity index (χ2n) is 6.81. The first-order valence-electron chi connectivity index (χ1n) is 8.66. The highest BCUT2D eigenvalue weighted by atomic mass is 32.2. The predicted molar refractivity (Wildman–Crippen MR) is 102 cm³/mol. The average molecular weight is 391 g/mol. The van der Waals surface area contributed by atoms with Gasteiger partial charge in [-0.1, -0.05) is 6.07 Å². The van der Waals surface area contributed by atoms with Crippen LogP contribution in [0.4, 0.5) is 10.1 Å². The molecule has 0 radical (unpaired) electrons. The Bertz CT molecular complexity index is 945. The Kier molecular flexibility index (Phi) is 5.48. The summed E-state index contributed by atoms with van der Waals surface area (Å²) in [5.74, 6) is -0.321. The summed E-state index contributed by atoms with van der Waals surface area (Å²) in [6.07, 6.45) is 0.911. The van der Waals surface area contributed by atoms with Crippen molar-refractivity contribution in [3.05, 3.63) is 59.4 Å². The van der Waals surface area contributed by atoms with Crippen molar-refractivity contribution in [2.75, 3.05) is 24.5 Å². The Morgan fingerprint density at radius 2 is 1.96 bits per heavy atom. The van der Waals surface area contributed by atoms with Gasteiger partial charge in [0.15, 0.2) is 0 Å². The molecule has 1 atom stereocenters. The van der Waals surface area contributed by atoms with E-state index in [0.717, 1.165) is 25.2 Å². The van der Waals surface area contributed by atoms with E-state index in [9.17, 15) is 17.6 Å². The number of hydrogen-bond donors (Lipinski definition) is 2. The number of rotatable bonds is 5. The van der Waals surface area contributed by atoms with Crippen LogP contribution in [-0.2, 0) is 10.0 Å². The Labute approximate surface area is 158 Å². The topological polar surface area (TPSA) is 92.5 Å². The smallest absolute Gasteiger partial charge is 0.251 e. The van der Waals surface area contributed by atoms with Gasteiger partial charge in [0.1, 0.15) is 5.82 Å². The summed E-state index contributed by atoms with van der Waals surface area (Å²) in [5, 5.41) is 8.02. The Balaban J connectivity index is 1.61. The number of benzene rings is 2. The van der Waals surface area contributed by atoms with Gasteiger partial charge < -0.3 is 10.2 Å². The summed E-state index contributed by atoms with van der Waals surface area (Å²) in [5.41, 5.74) is 1.94. The molecule has 0 aromatic heterocycles.